The number of aryl methyl sites for hydroxylation is 1. The summed E-state index contributed by atoms with van der Waals surface area (Å²) in [6.07, 6.45) is 0. The van der Waals surface area contributed by atoms with E-state index in [2.05, 4.69) is 10.5 Å². The first-order valence-corrected chi connectivity index (χ1v) is 7.27. The first kappa shape index (κ1) is 16.7. The highest BCUT2D eigenvalue weighted by Gasteiger charge is 2.14. The summed E-state index contributed by atoms with van der Waals surface area (Å²) < 4.78 is 16.1. The van der Waals surface area contributed by atoms with Crippen molar-refractivity contribution in [2.24, 2.45) is 5.10 Å². The third-order valence-corrected chi connectivity index (χ3v) is 3.57. The van der Waals surface area contributed by atoms with Crippen LogP contribution in [0.2, 0.25) is 0 Å². The summed E-state index contributed by atoms with van der Waals surface area (Å²) in [6, 6.07) is 11.7. The fourth-order valence-corrected chi connectivity index (χ4v) is 2.20. The van der Waals surface area contributed by atoms with Crippen LogP contribution in [-0.4, -0.2) is 27.0 Å². The van der Waals surface area contributed by atoms with Crippen molar-refractivity contribution >= 4 is 11.4 Å². The Hall–Kier alpha value is -2.69. The Labute approximate surface area is 136 Å². The largest absolute Gasteiger partial charge is 0.493 e. The molecule has 0 aliphatic rings. The standard InChI is InChI=1S/C18H22N2O3/c1-12-8-6-7-9-15(12)20-19-13(2)14-10-16(21-3)18(23-5)17(11-14)22-4/h6-11,20H,1-5H3/b19-13-. The molecule has 0 saturated heterocycles. The normalized spacial score (nSPS) is 11.1. The third-order valence-electron chi connectivity index (χ3n) is 3.57. The molecule has 122 valence electrons. The van der Waals surface area contributed by atoms with Gasteiger partial charge >= 0.3 is 0 Å². The SMILES string of the molecule is COc1cc(/C(C)=N\Nc2ccccc2C)cc(OC)c1OC. The van der Waals surface area contributed by atoms with Crippen molar-refractivity contribution in [1.29, 1.82) is 0 Å². The maximum absolute atomic E-state index is 5.37. The second kappa shape index (κ2) is 7.54. The molecule has 0 spiro atoms. The van der Waals surface area contributed by atoms with Crippen LogP contribution in [0.3, 0.4) is 0 Å². The van der Waals surface area contributed by atoms with E-state index in [9.17, 15) is 0 Å². The molecule has 0 atom stereocenters. The quantitative estimate of drug-likeness (QED) is 0.650. The lowest BCUT2D eigenvalue weighted by Gasteiger charge is -2.14. The van der Waals surface area contributed by atoms with Gasteiger partial charge < -0.3 is 14.2 Å². The fourth-order valence-electron chi connectivity index (χ4n) is 2.20. The van der Waals surface area contributed by atoms with Crippen LogP contribution in [0.15, 0.2) is 41.5 Å². The van der Waals surface area contributed by atoms with Crippen LogP contribution in [0.1, 0.15) is 18.1 Å². The third kappa shape index (κ3) is 3.74. The Bertz CT molecular complexity index is 686. The molecule has 0 bridgehead atoms. The summed E-state index contributed by atoms with van der Waals surface area (Å²) in [5.41, 5.74) is 6.90. The smallest absolute Gasteiger partial charge is 0.203 e. The van der Waals surface area contributed by atoms with Crippen molar-refractivity contribution in [3.05, 3.63) is 47.5 Å². The van der Waals surface area contributed by atoms with E-state index in [1.54, 1.807) is 21.3 Å². The summed E-state index contributed by atoms with van der Waals surface area (Å²) >= 11 is 0. The second-order valence-corrected chi connectivity index (χ2v) is 5.04. The summed E-state index contributed by atoms with van der Waals surface area (Å²) in [5.74, 6) is 1.78. The molecule has 0 saturated carbocycles. The van der Waals surface area contributed by atoms with Gasteiger partial charge in [0.15, 0.2) is 11.5 Å². The molecule has 2 aromatic rings. The molecule has 0 heterocycles. The van der Waals surface area contributed by atoms with Gasteiger partial charge in [0, 0.05) is 5.56 Å². The van der Waals surface area contributed by atoms with E-state index in [1.807, 2.05) is 50.2 Å². The minimum Gasteiger partial charge on any atom is -0.493 e. The van der Waals surface area contributed by atoms with Crippen LogP contribution in [0.25, 0.3) is 0 Å². The average Bonchev–Trinajstić information content (AvgIpc) is 2.59. The molecule has 0 aromatic heterocycles. The summed E-state index contributed by atoms with van der Waals surface area (Å²) in [7, 11) is 4.78. The first-order valence-electron chi connectivity index (χ1n) is 7.27. The van der Waals surface area contributed by atoms with Gasteiger partial charge in [-0.25, -0.2) is 0 Å². The van der Waals surface area contributed by atoms with Crippen LogP contribution >= 0.6 is 0 Å². The molecule has 0 radical (unpaired) electrons. The number of nitrogens with zero attached hydrogens (tertiary/aromatic N) is 1. The lowest BCUT2D eigenvalue weighted by atomic mass is 10.1. The molecule has 5 nitrogen and oxygen atoms in total. The Balaban J connectivity index is 2.33. The summed E-state index contributed by atoms with van der Waals surface area (Å²) in [5, 5.41) is 4.45. The number of rotatable bonds is 6. The topological polar surface area (TPSA) is 52.1 Å². The Morgan fingerprint density at radius 1 is 0.957 bits per heavy atom. The predicted octanol–water partition coefficient (Wildman–Crippen LogP) is 3.86. The molecule has 0 fully saturated rings. The van der Waals surface area contributed by atoms with Crippen molar-refractivity contribution in [2.45, 2.75) is 13.8 Å². The number of nitrogens with one attached hydrogen (secondary N) is 1. The van der Waals surface area contributed by atoms with Crippen molar-refractivity contribution in [3.8, 4) is 17.2 Å². The van der Waals surface area contributed by atoms with E-state index in [0.29, 0.717) is 17.2 Å². The lowest BCUT2D eigenvalue weighted by molar-refractivity contribution is 0.324. The predicted molar refractivity (Wildman–Crippen MR) is 93.1 cm³/mol. The fraction of sp³-hybridized carbons (Fsp3) is 0.278. The van der Waals surface area contributed by atoms with Crippen molar-refractivity contribution in [2.75, 3.05) is 26.8 Å². The number of para-hydroxylation sites is 1. The minimum absolute atomic E-state index is 0.568. The van der Waals surface area contributed by atoms with Gasteiger partial charge in [0.05, 0.1) is 32.7 Å². The Morgan fingerprint density at radius 2 is 1.57 bits per heavy atom. The second-order valence-electron chi connectivity index (χ2n) is 5.04. The van der Waals surface area contributed by atoms with E-state index in [1.165, 1.54) is 0 Å². The van der Waals surface area contributed by atoms with Crippen LogP contribution in [0.4, 0.5) is 5.69 Å². The molecule has 2 aromatic carbocycles. The minimum atomic E-state index is 0.568. The maximum atomic E-state index is 5.37. The first-order chi connectivity index (χ1) is 11.1. The highest BCUT2D eigenvalue weighted by Crippen LogP contribution is 2.38. The Kier molecular flexibility index (Phi) is 5.46. The zero-order valence-electron chi connectivity index (χ0n) is 14.1. The number of hydrogen-bond acceptors (Lipinski definition) is 5. The Morgan fingerprint density at radius 3 is 2.09 bits per heavy atom. The highest BCUT2D eigenvalue weighted by molar-refractivity contribution is 6.00. The van der Waals surface area contributed by atoms with Gasteiger partial charge in [-0.3, -0.25) is 5.43 Å². The van der Waals surface area contributed by atoms with E-state index in [-0.39, 0.29) is 0 Å². The van der Waals surface area contributed by atoms with Gasteiger partial charge in [0.2, 0.25) is 5.75 Å². The molecule has 23 heavy (non-hydrogen) atoms. The van der Waals surface area contributed by atoms with Crippen LogP contribution in [0.5, 0.6) is 17.2 Å². The molecule has 5 heteroatoms. The molecule has 0 aliphatic carbocycles. The molecule has 0 unspecified atom stereocenters. The number of anilines is 1. The van der Waals surface area contributed by atoms with E-state index >= 15 is 0 Å². The number of methoxy groups -OCH3 is 3. The molecular weight excluding hydrogens is 292 g/mol. The van der Waals surface area contributed by atoms with Gasteiger partial charge in [-0.2, -0.15) is 5.10 Å². The van der Waals surface area contributed by atoms with Crippen LogP contribution < -0.4 is 19.6 Å². The van der Waals surface area contributed by atoms with E-state index < -0.39 is 0 Å². The molecule has 0 amide bonds. The van der Waals surface area contributed by atoms with E-state index in [0.717, 1.165) is 22.5 Å². The molecular formula is C18H22N2O3. The van der Waals surface area contributed by atoms with Crippen molar-refractivity contribution in [1.82, 2.24) is 0 Å². The number of hydrogen-bond donors (Lipinski definition) is 1. The monoisotopic (exact) mass is 314 g/mol. The van der Waals surface area contributed by atoms with Crippen LogP contribution in [0, 0.1) is 6.92 Å². The average molecular weight is 314 g/mol. The molecule has 0 aliphatic heterocycles. The van der Waals surface area contributed by atoms with Gasteiger partial charge in [-0.05, 0) is 37.6 Å². The maximum Gasteiger partial charge on any atom is 0.203 e. The highest BCUT2D eigenvalue weighted by atomic mass is 16.5. The van der Waals surface area contributed by atoms with Crippen molar-refractivity contribution < 1.29 is 14.2 Å². The molecule has 2 rings (SSSR count). The van der Waals surface area contributed by atoms with Gasteiger partial charge in [-0.15, -0.1) is 0 Å². The van der Waals surface area contributed by atoms with Crippen LogP contribution in [-0.2, 0) is 0 Å². The van der Waals surface area contributed by atoms with Gasteiger partial charge in [-0.1, -0.05) is 18.2 Å². The van der Waals surface area contributed by atoms with Gasteiger partial charge in [0.1, 0.15) is 0 Å². The number of benzene rings is 2. The summed E-state index contributed by atoms with van der Waals surface area (Å²) in [4.78, 5) is 0. The molecule has 1 N–H and O–H groups in total. The van der Waals surface area contributed by atoms with Crippen molar-refractivity contribution in [3.63, 3.8) is 0 Å². The zero-order valence-corrected chi connectivity index (χ0v) is 14.1. The van der Waals surface area contributed by atoms with E-state index in [4.69, 9.17) is 14.2 Å². The van der Waals surface area contributed by atoms with Gasteiger partial charge in [0.25, 0.3) is 0 Å². The number of hydrazone groups is 1. The number of ether oxygens (including phenoxy) is 3. The zero-order chi connectivity index (χ0) is 16.8. The lowest BCUT2D eigenvalue weighted by Crippen LogP contribution is -2.03. The summed E-state index contributed by atoms with van der Waals surface area (Å²) in [6.45, 7) is 3.96.